The molecule has 5 aromatic rings. The van der Waals surface area contributed by atoms with E-state index in [1.807, 2.05) is 59.0 Å². The van der Waals surface area contributed by atoms with E-state index < -0.39 is 5.97 Å². The van der Waals surface area contributed by atoms with Crippen molar-refractivity contribution in [3.8, 4) is 0 Å². The number of esters is 1. The van der Waals surface area contributed by atoms with Crippen molar-refractivity contribution in [3.05, 3.63) is 102 Å². The van der Waals surface area contributed by atoms with Crippen molar-refractivity contribution in [2.24, 2.45) is 0 Å². The van der Waals surface area contributed by atoms with Gasteiger partial charge in [-0.05, 0) is 35.9 Å². The first-order chi connectivity index (χ1) is 14.7. The number of carbonyl (C=O) groups excluding carboxylic acids is 2. The van der Waals surface area contributed by atoms with Crippen LogP contribution in [0.4, 0.5) is 0 Å². The van der Waals surface area contributed by atoms with E-state index in [2.05, 4.69) is 12.1 Å². The minimum absolute atomic E-state index is 0.137. The molecule has 4 heteroatoms. The number of rotatable bonds is 4. The Balaban J connectivity index is 1.87. The summed E-state index contributed by atoms with van der Waals surface area (Å²) in [5, 5.41) is 3.24. The molecule has 146 valence electrons. The summed E-state index contributed by atoms with van der Waals surface area (Å²) < 4.78 is 7.13. The maximum absolute atomic E-state index is 13.4. The van der Waals surface area contributed by atoms with Crippen molar-refractivity contribution in [3.63, 3.8) is 0 Å². The minimum atomic E-state index is -0.428. The first-order valence-electron chi connectivity index (χ1n) is 9.92. The maximum Gasteiger partial charge on any atom is 0.340 e. The SMILES string of the molecule is CCOC(=O)c1cc(C(=O)c2ccccc2)n2c1ccc1c3ccccc3ccc12. The molecule has 0 spiro atoms. The largest absolute Gasteiger partial charge is 0.462 e. The standard InChI is InChI=1S/C26H19NO3/c1-2-30-26(29)21-16-24(25(28)18-9-4-3-5-10-18)27-22-14-12-17-8-6-7-11-19(17)20(22)13-15-23(21)27/h3-16H,2H2,1H3. The zero-order valence-corrected chi connectivity index (χ0v) is 16.5. The Bertz CT molecular complexity index is 1430. The number of benzene rings is 3. The van der Waals surface area contributed by atoms with Crippen LogP contribution in [0.5, 0.6) is 0 Å². The molecule has 0 atom stereocenters. The van der Waals surface area contributed by atoms with E-state index in [9.17, 15) is 9.59 Å². The number of pyridine rings is 1. The molecule has 0 bridgehead atoms. The molecule has 0 aliphatic heterocycles. The Hall–Kier alpha value is -3.92. The molecule has 2 aromatic heterocycles. The summed E-state index contributed by atoms with van der Waals surface area (Å²) in [5.74, 6) is -0.566. The Morgan fingerprint density at radius 3 is 2.33 bits per heavy atom. The van der Waals surface area contributed by atoms with Gasteiger partial charge in [-0.3, -0.25) is 4.79 Å². The molecule has 2 heterocycles. The second-order valence-corrected chi connectivity index (χ2v) is 7.13. The molecule has 0 radical (unpaired) electrons. The van der Waals surface area contributed by atoms with E-state index in [1.165, 1.54) is 0 Å². The van der Waals surface area contributed by atoms with Crippen LogP contribution in [0.3, 0.4) is 0 Å². The summed E-state index contributed by atoms with van der Waals surface area (Å²) in [5.41, 5.74) is 2.95. The molecular formula is C26H19NO3. The smallest absolute Gasteiger partial charge is 0.340 e. The minimum Gasteiger partial charge on any atom is -0.462 e. The van der Waals surface area contributed by atoms with Crippen LogP contribution in [0.15, 0.2) is 84.9 Å². The molecule has 0 saturated heterocycles. The molecule has 5 rings (SSSR count). The van der Waals surface area contributed by atoms with E-state index in [-0.39, 0.29) is 12.4 Å². The summed E-state index contributed by atoms with van der Waals surface area (Å²) in [7, 11) is 0. The van der Waals surface area contributed by atoms with Gasteiger partial charge >= 0.3 is 5.97 Å². The molecule has 0 fully saturated rings. The van der Waals surface area contributed by atoms with Gasteiger partial charge in [0.2, 0.25) is 5.78 Å². The van der Waals surface area contributed by atoms with Gasteiger partial charge in [0, 0.05) is 10.9 Å². The van der Waals surface area contributed by atoms with Crippen LogP contribution in [0.1, 0.15) is 33.3 Å². The first-order valence-corrected chi connectivity index (χ1v) is 9.92. The van der Waals surface area contributed by atoms with Gasteiger partial charge in [0.05, 0.1) is 28.9 Å². The van der Waals surface area contributed by atoms with Gasteiger partial charge in [-0.2, -0.15) is 0 Å². The van der Waals surface area contributed by atoms with E-state index in [0.717, 1.165) is 21.7 Å². The lowest BCUT2D eigenvalue weighted by molar-refractivity contribution is 0.0529. The summed E-state index contributed by atoms with van der Waals surface area (Å²) in [6.45, 7) is 2.05. The highest BCUT2D eigenvalue weighted by atomic mass is 16.5. The highest BCUT2D eigenvalue weighted by Crippen LogP contribution is 2.30. The fraction of sp³-hybridized carbons (Fsp3) is 0.0769. The molecule has 0 amide bonds. The zero-order valence-electron chi connectivity index (χ0n) is 16.5. The first kappa shape index (κ1) is 18.1. The maximum atomic E-state index is 13.4. The van der Waals surface area contributed by atoms with Crippen molar-refractivity contribution in [2.75, 3.05) is 6.61 Å². The van der Waals surface area contributed by atoms with E-state index >= 15 is 0 Å². The second-order valence-electron chi connectivity index (χ2n) is 7.13. The average Bonchev–Trinajstić information content (AvgIpc) is 3.19. The third kappa shape index (κ3) is 2.77. The van der Waals surface area contributed by atoms with Gasteiger partial charge in [-0.25, -0.2) is 4.79 Å². The molecule has 0 aliphatic rings. The molecule has 0 saturated carbocycles. The van der Waals surface area contributed by atoms with Crippen LogP contribution in [-0.2, 0) is 4.74 Å². The molecule has 0 unspecified atom stereocenters. The highest BCUT2D eigenvalue weighted by molar-refractivity contribution is 6.14. The van der Waals surface area contributed by atoms with Crippen LogP contribution >= 0.6 is 0 Å². The number of hydrogen-bond acceptors (Lipinski definition) is 3. The van der Waals surface area contributed by atoms with Crippen LogP contribution < -0.4 is 0 Å². The third-order valence-corrected chi connectivity index (χ3v) is 5.40. The van der Waals surface area contributed by atoms with Crippen LogP contribution in [0.2, 0.25) is 0 Å². The molecule has 0 aliphatic carbocycles. The average molecular weight is 393 g/mol. The Labute approximate surface area is 173 Å². The lowest BCUT2D eigenvalue weighted by Gasteiger charge is -2.10. The summed E-state index contributed by atoms with van der Waals surface area (Å²) in [6.07, 6.45) is 0. The van der Waals surface area contributed by atoms with E-state index in [1.54, 1.807) is 25.1 Å². The van der Waals surface area contributed by atoms with Gasteiger partial charge in [0.25, 0.3) is 0 Å². The van der Waals surface area contributed by atoms with Gasteiger partial charge in [-0.15, -0.1) is 0 Å². The third-order valence-electron chi connectivity index (χ3n) is 5.40. The summed E-state index contributed by atoms with van der Waals surface area (Å²) >= 11 is 0. The number of hydrogen-bond donors (Lipinski definition) is 0. The lowest BCUT2D eigenvalue weighted by atomic mass is 10.0. The number of nitrogens with zero attached hydrogens (tertiary/aromatic N) is 1. The topological polar surface area (TPSA) is 47.8 Å². The van der Waals surface area contributed by atoms with Gasteiger partial charge in [0.1, 0.15) is 0 Å². The quantitative estimate of drug-likeness (QED) is 0.225. The molecule has 30 heavy (non-hydrogen) atoms. The predicted octanol–water partition coefficient (Wildman–Crippen LogP) is 5.65. The molecule has 3 aromatic carbocycles. The predicted molar refractivity (Wildman–Crippen MR) is 118 cm³/mol. The van der Waals surface area contributed by atoms with Crippen LogP contribution in [-0.4, -0.2) is 22.8 Å². The van der Waals surface area contributed by atoms with E-state index in [0.29, 0.717) is 22.3 Å². The number of aromatic nitrogens is 1. The molecular weight excluding hydrogens is 374 g/mol. The van der Waals surface area contributed by atoms with Crippen molar-refractivity contribution >= 4 is 38.9 Å². The van der Waals surface area contributed by atoms with E-state index in [4.69, 9.17) is 4.74 Å². The summed E-state index contributed by atoms with van der Waals surface area (Å²) in [4.78, 5) is 26.0. The van der Waals surface area contributed by atoms with Crippen molar-refractivity contribution in [2.45, 2.75) is 6.92 Å². The number of ketones is 1. The Kier molecular flexibility index (Phi) is 4.32. The zero-order chi connectivity index (χ0) is 20.7. The Morgan fingerprint density at radius 1 is 0.800 bits per heavy atom. The van der Waals surface area contributed by atoms with Gasteiger partial charge < -0.3 is 9.14 Å². The Morgan fingerprint density at radius 2 is 1.53 bits per heavy atom. The lowest BCUT2D eigenvalue weighted by Crippen LogP contribution is -2.05. The number of fused-ring (bicyclic) bond motifs is 5. The molecule has 4 nitrogen and oxygen atoms in total. The summed E-state index contributed by atoms with van der Waals surface area (Å²) in [6, 6.07) is 26.8. The van der Waals surface area contributed by atoms with Crippen molar-refractivity contribution in [1.29, 1.82) is 0 Å². The van der Waals surface area contributed by atoms with Crippen molar-refractivity contribution in [1.82, 2.24) is 4.40 Å². The van der Waals surface area contributed by atoms with Gasteiger partial charge in [0.15, 0.2) is 0 Å². The molecule has 0 N–H and O–H groups in total. The second kappa shape index (κ2) is 7.16. The number of carbonyl (C=O) groups is 2. The number of ether oxygens (including phenoxy) is 1. The fourth-order valence-electron chi connectivity index (χ4n) is 4.04. The highest BCUT2D eigenvalue weighted by Gasteiger charge is 2.23. The normalized spacial score (nSPS) is 11.2. The fourth-order valence-corrected chi connectivity index (χ4v) is 4.04. The van der Waals surface area contributed by atoms with Gasteiger partial charge in [-0.1, -0.05) is 66.7 Å². The van der Waals surface area contributed by atoms with Crippen LogP contribution in [0.25, 0.3) is 27.2 Å². The van der Waals surface area contributed by atoms with Crippen LogP contribution in [0, 0.1) is 0 Å². The monoisotopic (exact) mass is 393 g/mol. The van der Waals surface area contributed by atoms with Crippen molar-refractivity contribution < 1.29 is 14.3 Å².